The van der Waals surface area contributed by atoms with Gasteiger partial charge in [0.25, 0.3) is 0 Å². The zero-order chi connectivity index (χ0) is 14.2. The lowest BCUT2D eigenvalue weighted by molar-refractivity contribution is -0.121. The van der Waals surface area contributed by atoms with Crippen molar-refractivity contribution >= 4 is 17.5 Å². The number of nitrogens with one attached hydrogen (secondary N) is 1. The molecule has 0 radical (unpaired) electrons. The number of carbonyl (C=O) groups excluding carboxylic acids is 1. The van der Waals surface area contributed by atoms with Gasteiger partial charge in [0.15, 0.2) is 0 Å². The van der Waals surface area contributed by atoms with E-state index < -0.39 is 0 Å². The molecule has 1 aromatic rings. The molecule has 0 saturated carbocycles. The van der Waals surface area contributed by atoms with Gasteiger partial charge >= 0.3 is 0 Å². The fourth-order valence-electron chi connectivity index (χ4n) is 2.07. The maximum absolute atomic E-state index is 11.6. The van der Waals surface area contributed by atoms with Crippen molar-refractivity contribution in [2.45, 2.75) is 31.8 Å². The molecule has 1 unspecified atom stereocenters. The minimum Gasteiger partial charge on any atom is -0.494 e. The van der Waals surface area contributed by atoms with Gasteiger partial charge in [0.2, 0.25) is 5.91 Å². The number of hydrogen-bond acceptors (Lipinski definition) is 3. The van der Waals surface area contributed by atoms with Gasteiger partial charge in [0.1, 0.15) is 5.75 Å². The quantitative estimate of drug-likeness (QED) is 0.787. The van der Waals surface area contributed by atoms with E-state index in [9.17, 15) is 4.79 Å². The number of rotatable bonds is 7. The summed E-state index contributed by atoms with van der Waals surface area (Å²) in [6.07, 6.45) is 3.50. The molecule has 1 fully saturated rings. The van der Waals surface area contributed by atoms with Gasteiger partial charge in [-0.1, -0.05) is 11.6 Å². The smallest absolute Gasteiger partial charge is 0.220 e. The Balaban J connectivity index is 1.53. The van der Waals surface area contributed by atoms with Gasteiger partial charge in [-0.25, -0.2) is 0 Å². The summed E-state index contributed by atoms with van der Waals surface area (Å²) in [4.78, 5) is 11.6. The van der Waals surface area contributed by atoms with E-state index in [1.807, 2.05) is 12.1 Å². The van der Waals surface area contributed by atoms with Crippen LogP contribution < -0.4 is 10.1 Å². The second-order valence-corrected chi connectivity index (χ2v) is 5.28. The number of carbonyl (C=O) groups is 1. The van der Waals surface area contributed by atoms with E-state index in [2.05, 4.69) is 5.32 Å². The van der Waals surface area contributed by atoms with Crippen molar-refractivity contribution in [1.82, 2.24) is 5.32 Å². The highest BCUT2D eigenvalue weighted by Crippen LogP contribution is 2.15. The summed E-state index contributed by atoms with van der Waals surface area (Å²) in [6.45, 7) is 1.96. The zero-order valence-corrected chi connectivity index (χ0v) is 12.2. The molecule has 0 aliphatic carbocycles. The van der Waals surface area contributed by atoms with Crippen molar-refractivity contribution in [1.29, 1.82) is 0 Å². The molecule has 1 aliphatic heterocycles. The van der Waals surface area contributed by atoms with Crippen molar-refractivity contribution in [3.05, 3.63) is 29.3 Å². The topological polar surface area (TPSA) is 47.6 Å². The van der Waals surface area contributed by atoms with Gasteiger partial charge in [-0.05, 0) is 43.5 Å². The van der Waals surface area contributed by atoms with Crippen LogP contribution in [0.1, 0.15) is 25.7 Å². The van der Waals surface area contributed by atoms with E-state index in [1.165, 1.54) is 0 Å². The van der Waals surface area contributed by atoms with Gasteiger partial charge in [-0.3, -0.25) is 4.79 Å². The molecule has 0 bridgehead atoms. The lowest BCUT2D eigenvalue weighted by Crippen LogP contribution is -2.31. The van der Waals surface area contributed by atoms with Crippen molar-refractivity contribution in [2.75, 3.05) is 19.8 Å². The molecule has 110 valence electrons. The van der Waals surface area contributed by atoms with Gasteiger partial charge in [-0.2, -0.15) is 0 Å². The first-order valence-electron chi connectivity index (χ1n) is 7.01. The molecule has 1 heterocycles. The van der Waals surface area contributed by atoms with Gasteiger partial charge in [0.05, 0.1) is 12.7 Å². The molecular formula is C15H20ClNO3. The Morgan fingerprint density at radius 1 is 1.40 bits per heavy atom. The van der Waals surface area contributed by atoms with Crippen LogP contribution in [0.15, 0.2) is 24.3 Å². The summed E-state index contributed by atoms with van der Waals surface area (Å²) in [5.74, 6) is 0.828. The van der Waals surface area contributed by atoms with E-state index >= 15 is 0 Å². The van der Waals surface area contributed by atoms with Crippen LogP contribution in [0.4, 0.5) is 0 Å². The molecule has 1 aromatic carbocycles. The average Bonchev–Trinajstić information content (AvgIpc) is 2.96. The van der Waals surface area contributed by atoms with Crippen LogP contribution in [0.3, 0.4) is 0 Å². The maximum Gasteiger partial charge on any atom is 0.220 e. The summed E-state index contributed by atoms with van der Waals surface area (Å²) in [5, 5.41) is 3.58. The number of halogens is 1. The molecular weight excluding hydrogens is 278 g/mol. The summed E-state index contributed by atoms with van der Waals surface area (Å²) >= 11 is 5.78. The predicted octanol–water partition coefficient (Wildman–Crippen LogP) is 2.79. The third kappa shape index (κ3) is 5.39. The first-order chi connectivity index (χ1) is 9.74. The number of benzene rings is 1. The van der Waals surface area contributed by atoms with Gasteiger partial charge in [0, 0.05) is 24.6 Å². The maximum atomic E-state index is 11.6. The molecule has 1 saturated heterocycles. The van der Waals surface area contributed by atoms with E-state index in [-0.39, 0.29) is 12.0 Å². The minimum atomic E-state index is 0.0557. The molecule has 4 nitrogen and oxygen atoms in total. The lowest BCUT2D eigenvalue weighted by atomic mass is 10.2. The molecule has 1 amide bonds. The summed E-state index contributed by atoms with van der Waals surface area (Å²) in [5.41, 5.74) is 0. The van der Waals surface area contributed by atoms with Crippen molar-refractivity contribution in [2.24, 2.45) is 0 Å². The molecule has 0 spiro atoms. The van der Waals surface area contributed by atoms with Crippen LogP contribution in [0.25, 0.3) is 0 Å². The fraction of sp³-hybridized carbons (Fsp3) is 0.533. The van der Waals surface area contributed by atoms with Crippen LogP contribution in [0.5, 0.6) is 5.75 Å². The summed E-state index contributed by atoms with van der Waals surface area (Å²) in [6, 6.07) is 7.20. The predicted molar refractivity (Wildman–Crippen MR) is 78.2 cm³/mol. The van der Waals surface area contributed by atoms with Crippen LogP contribution in [-0.4, -0.2) is 31.8 Å². The number of ether oxygens (including phenoxy) is 2. The lowest BCUT2D eigenvalue weighted by Gasteiger charge is -2.11. The molecule has 1 atom stereocenters. The van der Waals surface area contributed by atoms with E-state index in [1.54, 1.807) is 12.1 Å². The van der Waals surface area contributed by atoms with E-state index in [0.717, 1.165) is 25.2 Å². The second kappa shape index (κ2) is 8.12. The standard InChI is InChI=1S/C15H20ClNO3/c16-12-5-7-13(8-6-12)19-10-2-4-15(18)17-11-14-3-1-9-20-14/h5-8,14H,1-4,9-11H2,(H,17,18). The first kappa shape index (κ1) is 15.1. The SMILES string of the molecule is O=C(CCCOc1ccc(Cl)cc1)NCC1CCCO1. The Kier molecular flexibility index (Phi) is 6.15. The van der Waals surface area contributed by atoms with Crippen LogP contribution in [0, 0.1) is 0 Å². The highest BCUT2D eigenvalue weighted by molar-refractivity contribution is 6.30. The summed E-state index contributed by atoms with van der Waals surface area (Å²) < 4.78 is 11.0. The third-order valence-corrected chi connectivity index (χ3v) is 3.43. The van der Waals surface area contributed by atoms with Crippen LogP contribution in [0.2, 0.25) is 5.02 Å². The largest absolute Gasteiger partial charge is 0.494 e. The average molecular weight is 298 g/mol. The highest BCUT2D eigenvalue weighted by Gasteiger charge is 2.15. The molecule has 20 heavy (non-hydrogen) atoms. The molecule has 5 heteroatoms. The monoisotopic (exact) mass is 297 g/mol. The Hall–Kier alpha value is -1.26. The molecule has 2 rings (SSSR count). The van der Waals surface area contributed by atoms with E-state index in [4.69, 9.17) is 21.1 Å². The molecule has 1 N–H and O–H groups in total. The third-order valence-electron chi connectivity index (χ3n) is 3.18. The normalized spacial score (nSPS) is 17.9. The highest BCUT2D eigenvalue weighted by atomic mass is 35.5. The summed E-state index contributed by atoms with van der Waals surface area (Å²) in [7, 11) is 0. The Labute approximate surface area is 124 Å². The van der Waals surface area contributed by atoms with Crippen molar-refractivity contribution in [3.8, 4) is 5.75 Å². The zero-order valence-electron chi connectivity index (χ0n) is 11.4. The Bertz CT molecular complexity index is 416. The molecule has 0 aromatic heterocycles. The fourth-order valence-corrected chi connectivity index (χ4v) is 2.20. The number of hydrogen-bond donors (Lipinski definition) is 1. The van der Waals surface area contributed by atoms with Crippen LogP contribution >= 0.6 is 11.6 Å². The second-order valence-electron chi connectivity index (χ2n) is 4.85. The first-order valence-corrected chi connectivity index (χ1v) is 7.38. The van der Waals surface area contributed by atoms with Crippen molar-refractivity contribution in [3.63, 3.8) is 0 Å². The van der Waals surface area contributed by atoms with E-state index in [0.29, 0.717) is 31.0 Å². The Morgan fingerprint density at radius 3 is 2.90 bits per heavy atom. The van der Waals surface area contributed by atoms with Gasteiger partial charge < -0.3 is 14.8 Å². The number of amides is 1. The minimum absolute atomic E-state index is 0.0557. The van der Waals surface area contributed by atoms with Crippen LogP contribution in [-0.2, 0) is 9.53 Å². The van der Waals surface area contributed by atoms with Crippen molar-refractivity contribution < 1.29 is 14.3 Å². The molecule has 1 aliphatic rings. The van der Waals surface area contributed by atoms with Gasteiger partial charge in [-0.15, -0.1) is 0 Å². The Morgan fingerprint density at radius 2 is 2.20 bits per heavy atom.